The largest absolute Gasteiger partial charge is 0.493 e. The highest BCUT2D eigenvalue weighted by Gasteiger charge is 2.33. The summed E-state index contributed by atoms with van der Waals surface area (Å²) in [5.41, 5.74) is 0.255. The van der Waals surface area contributed by atoms with Crippen molar-refractivity contribution >= 4 is 0 Å². The lowest BCUT2D eigenvalue weighted by Crippen LogP contribution is -2.47. The van der Waals surface area contributed by atoms with Gasteiger partial charge in [-0.1, -0.05) is 6.07 Å². The number of benzene rings is 2. The molecule has 7 nitrogen and oxygen atoms in total. The number of aromatic nitrogens is 2. The fraction of sp³-hybridized carbons (Fsp3) is 0.423. The minimum atomic E-state index is -0.879. The lowest BCUT2D eigenvalue weighted by molar-refractivity contribution is -0.0537. The number of hydrogen-bond donors (Lipinski definition) is 1. The Morgan fingerprint density at radius 3 is 2.56 bits per heavy atom. The van der Waals surface area contributed by atoms with E-state index in [0.717, 1.165) is 49.7 Å². The van der Waals surface area contributed by atoms with Crippen molar-refractivity contribution in [3.8, 4) is 17.2 Å². The molecule has 1 aliphatic rings. The van der Waals surface area contributed by atoms with Crippen LogP contribution >= 0.6 is 0 Å². The normalized spacial score (nSPS) is 15.7. The van der Waals surface area contributed by atoms with E-state index in [1.807, 2.05) is 29.1 Å². The van der Waals surface area contributed by atoms with E-state index in [1.54, 1.807) is 25.4 Å². The van der Waals surface area contributed by atoms with Crippen LogP contribution in [0.15, 0.2) is 60.9 Å². The van der Waals surface area contributed by atoms with Crippen LogP contribution in [0.25, 0.3) is 0 Å². The molecule has 0 unspecified atom stereocenters. The van der Waals surface area contributed by atoms with Gasteiger partial charge in [0.15, 0.2) is 11.5 Å². The zero-order valence-corrected chi connectivity index (χ0v) is 19.5. The van der Waals surface area contributed by atoms with Gasteiger partial charge in [-0.2, -0.15) is 5.10 Å². The van der Waals surface area contributed by atoms with Gasteiger partial charge >= 0.3 is 0 Å². The molecule has 2 heterocycles. The number of aliphatic hydroxyl groups is 1. The standard InChI is InChI=1S/C26H32FN3O4/c1-32-25-18-21(4-9-24(25)33-17-3-14-30-13-2-12-28-30)19-29-15-10-26(31,11-16-29)20-34-23-7-5-22(27)6-8-23/h2,4-9,12-13,18,31H,3,10-11,14-17,19-20H2,1H3. The van der Waals surface area contributed by atoms with E-state index in [1.165, 1.54) is 12.1 Å². The third-order valence-electron chi connectivity index (χ3n) is 6.09. The molecule has 0 saturated carbocycles. The summed E-state index contributed by atoms with van der Waals surface area (Å²) >= 11 is 0. The van der Waals surface area contributed by atoms with Gasteiger partial charge in [0.2, 0.25) is 0 Å². The molecule has 2 aromatic carbocycles. The molecule has 0 aliphatic carbocycles. The fourth-order valence-electron chi connectivity index (χ4n) is 4.05. The van der Waals surface area contributed by atoms with Gasteiger partial charge in [0, 0.05) is 45.0 Å². The Labute approximate surface area is 199 Å². The quantitative estimate of drug-likeness (QED) is 0.430. The lowest BCUT2D eigenvalue weighted by Gasteiger charge is -2.38. The van der Waals surface area contributed by atoms with Crippen LogP contribution < -0.4 is 14.2 Å². The van der Waals surface area contributed by atoms with Crippen molar-refractivity contribution in [1.82, 2.24) is 14.7 Å². The first-order chi connectivity index (χ1) is 16.5. The summed E-state index contributed by atoms with van der Waals surface area (Å²) in [6, 6.07) is 13.8. The third-order valence-corrected chi connectivity index (χ3v) is 6.09. The maximum atomic E-state index is 13.0. The van der Waals surface area contributed by atoms with Crippen LogP contribution in [0.1, 0.15) is 24.8 Å². The molecule has 1 aromatic heterocycles. The molecule has 1 N–H and O–H groups in total. The van der Waals surface area contributed by atoms with Gasteiger partial charge in [0.1, 0.15) is 23.8 Å². The first-order valence-electron chi connectivity index (χ1n) is 11.6. The van der Waals surface area contributed by atoms with E-state index >= 15 is 0 Å². The van der Waals surface area contributed by atoms with Crippen molar-refractivity contribution in [2.45, 2.75) is 38.0 Å². The molecule has 34 heavy (non-hydrogen) atoms. The molecule has 1 saturated heterocycles. The van der Waals surface area contributed by atoms with Crippen LogP contribution in [-0.4, -0.2) is 58.8 Å². The number of likely N-dealkylation sites (tertiary alicyclic amines) is 1. The van der Waals surface area contributed by atoms with E-state index in [9.17, 15) is 9.50 Å². The van der Waals surface area contributed by atoms with Gasteiger partial charge in [0.05, 0.1) is 13.7 Å². The molecule has 8 heteroatoms. The molecule has 182 valence electrons. The molecule has 0 bridgehead atoms. The van der Waals surface area contributed by atoms with Crippen LogP contribution in [0.5, 0.6) is 17.2 Å². The number of rotatable bonds is 11. The molecule has 0 spiro atoms. The SMILES string of the molecule is COc1cc(CN2CCC(O)(COc3ccc(F)cc3)CC2)ccc1OCCCn1cccn1. The van der Waals surface area contributed by atoms with Gasteiger partial charge in [-0.05, 0) is 60.9 Å². The average molecular weight is 470 g/mol. The Hall–Kier alpha value is -3.10. The Morgan fingerprint density at radius 1 is 1.06 bits per heavy atom. The van der Waals surface area contributed by atoms with E-state index < -0.39 is 5.60 Å². The number of piperidine rings is 1. The first-order valence-corrected chi connectivity index (χ1v) is 11.6. The summed E-state index contributed by atoms with van der Waals surface area (Å²) in [4.78, 5) is 2.31. The van der Waals surface area contributed by atoms with E-state index in [0.29, 0.717) is 25.2 Å². The molecule has 3 aromatic rings. The zero-order valence-electron chi connectivity index (χ0n) is 19.5. The Bertz CT molecular complexity index is 1020. The van der Waals surface area contributed by atoms with Crippen LogP contribution in [0.4, 0.5) is 4.39 Å². The second kappa shape index (κ2) is 11.4. The maximum absolute atomic E-state index is 13.0. The molecule has 0 radical (unpaired) electrons. The minimum absolute atomic E-state index is 0.201. The second-order valence-electron chi connectivity index (χ2n) is 8.70. The van der Waals surface area contributed by atoms with Crippen molar-refractivity contribution in [3.63, 3.8) is 0 Å². The highest BCUT2D eigenvalue weighted by Crippen LogP contribution is 2.30. The Balaban J connectivity index is 1.23. The van der Waals surface area contributed by atoms with E-state index in [-0.39, 0.29) is 12.4 Å². The maximum Gasteiger partial charge on any atom is 0.161 e. The predicted octanol–water partition coefficient (Wildman–Crippen LogP) is 3.91. The van der Waals surface area contributed by atoms with Crippen molar-refractivity contribution < 1.29 is 23.7 Å². The second-order valence-corrected chi connectivity index (χ2v) is 8.70. The zero-order chi connectivity index (χ0) is 23.8. The van der Waals surface area contributed by atoms with Gasteiger partial charge in [0.25, 0.3) is 0 Å². The number of nitrogens with zero attached hydrogens (tertiary/aromatic N) is 3. The topological polar surface area (TPSA) is 69.0 Å². The van der Waals surface area contributed by atoms with Gasteiger partial charge in [-0.25, -0.2) is 4.39 Å². The van der Waals surface area contributed by atoms with Gasteiger partial charge < -0.3 is 19.3 Å². The number of aryl methyl sites for hydroxylation is 1. The van der Waals surface area contributed by atoms with Crippen LogP contribution in [0, 0.1) is 5.82 Å². The average Bonchev–Trinajstić information content (AvgIpc) is 3.37. The molecule has 1 aliphatic heterocycles. The smallest absolute Gasteiger partial charge is 0.161 e. The first kappa shape index (κ1) is 24.0. The monoisotopic (exact) mass is 469 g/mol. The minimum Gasteiger partial charge on any atom is -0.493 e. The summed E-state index contributed by atoms with van der Waals surface area (Å²) in [7, 11) is 1.65. The summed E-state index contributed by atoms with van der Waals surface area (Å²) in [6.45, 7) is 3.88. The van der Waals surface area contributed by atoms with Crippen molar-refractivity contribution in [2.24, 2.45) is 0 Å². The lowest BCUT2D eigenvalue weighted by atomic mass is 9.92. The van der Waals surface area contributed by atoms with E-state index in [2.05, 4.69) is 16.1 Å². The van der Waals surface area contributed by atoms with Gasteiger partial charge in [-0.3, -0.25) is 9.58 Å². The van der Waals surface area contributed by atoms with E-state index in [4.69, 9.17) is 14.2 Å². The number of ether oxygens (including phenoxy) is 3. The summed E-state index contributed by atoms with van der Waals surface area (Å²) in [5.74, 6) is 1.71. The molecular weight excluding hydrogens is 437 g/mol. The van der Waals surface area contributed by atoms with Crippen LogP contribution in [0.3, 0.4) is 0 Å². The fourth-order valence-corrected chi connectivity index (χ4v) is 4.05. The van der Waals surface area contributed by atoms with Crippen LogP contribution in [0.2, 0.25) is 0 Å². The van der Waals surface area contributed by atoms with Crippen LogP contribution in [-0.2, 0) is 13.1 Å². The van der Waals surface area contributed by atoms with Crippen molar-refractivity contribution in [1.29, 1.82) is 0 Å². The third kappa shape index (κ3) is 6.71. The highest BCUT2D eigenvalue weighted by atomic mass is 19.1. The number of hydrogen-bond acceptors (Lipinski definition) is 6. The molecule has 1 fully saturated rings. The summed E-state index contributed by atoms with van der Waals surface area (Å²) < 4.78 is 32.1. The Morgan fingerprint density at radius 2 is 1.85 bits per heavy atom. The number of methoxy groups -OCH3 is 1. The highest BCUT2D eigenvalue weighted by molar-refractivity contribution is 5.43. The molecule has 0 amide bonds. The molecule has 0 atom stereocenters. The Kier molecular flexibility index (Phi) is 8.03. The predicted molar refractivity (Wildman–Crippen MR) is 127 cm³/mol. The number of halogens is 1. The van der Waals surface area contributed by atoms with Crippen molar-refractivity contribution in [3.05, 3.63) is 72.3 Å². The summed E-state index contributed by atoms with van der Waals surface area (Å²) in [6.07, 6.45) is 5.79. The van der Waals surface area contributed by atoms with Gasteiger partial charge in [-0.15, -0.1) is 0 Å². The summed E-state index contributed by atoms with van der Waals surface area (Å²) in [5, 5.41) is 15.1. The molecular formula is C26H32FN3O4. The van der Waals surface area contributed by atoms with Crippen molar-refractivity contribution in [2.75, 3.05) is 33.4 Å². The molecule has 4 rings (SSSR count).